The first-order chi connectivity index (χ1) is 10.2. The number of carbonyl (C=O) groups excluding carboxylic acids is 1. The highest BCUT2D eigenvalue weighted by molar-refractivity contribution is 5.81. The van der Waals surface area contributed by atoms with Crippen molar-refractivity contribution in [3.63, 3.8) is 0 Å². The smallest absolute Gasteiger partial charge is 0.237 e. The van der Waals surface area contributed by atoms with Gasteiger partial charge in [0, 0.05) is 12.2 Å². The third-order valence-electron chi connectivity index (χ3n) is 3.49. The Morgan fingerprint density at radius 2 is 2.14 bits per heavy atom. The van der Waals surface area contributed by atoms with Gasteiger partial charge in [-0.25, -0.2) is 0 Å². The van der Waals surface area contributed by atoms with Crippen molar-refractivity contribution in [1.29, 1.82) is 0 Å². The van der Waals surface area contributed by atoms with E-state index >= 15 is 0 Å². The molecule has 0 radical (unpaired) electrons. The maximum Gasteiger partial charge on any atom is 0.237 e. The van der Waals surface area contributed by atoms with E-state index in [1.165, 1.54) is 5.56 Å². The fourth-order valence-corrected chi connectivity index (χ4v) is 2.21. The summed E-state index contributed by atoms with van der Waals surface area (Å²) in [6, 6.07) is 9.32. The minimum Gasteiger partial charge on any atom is -0.355 e. The van der Waals surface area contributed by atoms with Crippen molar-refractivity contribution in [1.82, 2.24) is 15.5 Å². The van der Waals surface area contributed by atoms with Crippen LogP contribution in [-0.2, 0) is 17.6 Å². The first-order valence-corrected chi connectivity index (χ1v) is 7.23. The van der Waals surface area contributed by atoms with Crippen LogP contribution in [0.3, 0.4) is 0 Å². The van der Waals surface area contributed by atoms with Crippen LogP contribution in [0.5, 0.6) is 0 Å². The lowest BCUT2D eigenvalue weighted by Gasteiger charge is -2.12. The van der Waals surface area contributed by atoms with Crippen LogP contribution in [0, 0.1) is 6.92 Å². The van der Waals surface area contributed by atoms with Gasteiger partial charge in [-0.2, -0.15) is 5.10 Å². The standard InChI is InChI=1S/C16H22N4O/c1-12-14(11-19-20-12)8-5-9-18-16(21)15(17)10-13-6-3-2-4-7-13/h2-4,6-7,11,15H,5,8-10,17H2,1H3,(H,18,21)(H,19,20)/t15-/m1/s1. The lowest BCUT2D eigenvalue weighted by molar-refractivity contribution is -0.122. The normalized spacial score (nSPS) is 12.1. The van der Waals surface area contributed by atoms with Gasteiger partial charge in [-0.3, -0.25) is 9.89 Å². The summed E-state index contributed by atoms with van der Waals surface area (Å²) in [6.45, 7) is 2.63. The Labute approximate surface area is 124 Å². The van der Waals surface area contributed by atoms with Gasteiger partial charge in [0.05, 0.1) is 12.2 Å². The highest BCUT2D eigenvalue weighted by Gasteiger charge is 2.13. The van der Waals surface area contributed by atoms with Crippen molar-refractivity contribution >= 4 is 5.91 Å². The van der Waals surface area contributed by atoms with Crippen molar-refractivity contribution in [2.24, 2.45) is 5.73 Å². The lowest BCUT2D eigenvalue weighted by atomic mass is 10.1. The zero-order valence-electron chi connectivity index (χ0n) is 12.3. The summed E-state index contributed by atoms with van der Waals surface area (Å²) in [4.78, 5) is 11.9. The average molecular weight is 286 g/mol. The van der Waals surface area contributed by atoms with Gasteiger partial charge in [-0.1, -0.05) is 30.3 Å². The minimum atomic E-state index is -0.497. The van der Waals surface area contributed by atoms with Gasteiger partial charge in [0.2, 0.25) is 5.91 Å². The summed E-state index contributed by atoms with van der Waals surface area (Å²) in [6.07, 6.45) is 4.17. The van der Waals surface area contributed by atoms with Gasteiger partial charge in [0.15, 0.2) is 0 Å². The molecule has 112 valence electrons. The number of carbonyl (C=O) groups is 1. The molecule has 0 spiro atoms. The maximum atomic E-state index is 11.9. The van der Waals surface area contributed by atoms with Gasteiger partial charge in [0.1, 0.15) is 0 Å². The van der Waals surface area contributed by atoms with Gasteiger partial charge in [0.25, 0.3) is 0 Å². The largest absolute Gasteiger partial charge is 0.355 e. The summed E-state index contributed by atoms with van der Waals surface area (Å²) >= 11 is 0. The molecule has 5 heteroatoms. The Kier molecular flexibility index (Phi) is 5.51. The molecule has 4 N–H and O–H groups in total. The molecule has 0 aliphatic carbocycles. The van der Waals surface area contributed by atoms with E-state index in [0.29, 0.717) is 13.0 Å². The first-order valence-electron chi connectivity index (χ1n) is 7.23. The van der Waals surface area contributed by atoms with Crippen LogP contribution >= 0.6 is 0 Å². The minimum absolute atomic E-state index is 0.0947. The first kappa shape index (κ1) is 15.3. The molecule has 0 saturated heterocycles. The Hall–Kier alpha value is -2.14. The fraction of sp³-hybridized carbons (Fsp3) is 0.375. The number of aromatic nitrogens is 2. The number of aromatic amines is 1. The van der Waals surface area contributed by atoms with Crippen LogP contribution in [0.15, 0.2) is 36.5 Å². The molecule has 21 heavy (non-hydrogen) atoms. The molecule has 1 aromatic carbocycles. The van der Waals surface area contributed by atoms with Crippen LogP contribution < -0.4 is 11.1 Å². The second-order valence-electron chi connectivity index (χ2n) is 5.21. The van der Waals surface area contributed by atoms with E-state index in [1.54, 1.807) is 0 Å². The molecule has 0 aliphatic heterocycles. The van der Waals surface area contributed by atoms with Crippen molar-refractivity contribution in [3.8, 4) is 0 Å². The monoisotopic (exact) mass is 286 g/mol. The molecule has 5 nitrogen and oxygen atoms in total. The number of hydrogen-bond acceptors (Lipinski definition) is 3. The second-order valence-corrected chi connectivity index (χ2v) is 5.21. The number of benzene rings is 1. The molecule has 0 unspecified atom stereocenters. The average Bonchev–Trinajstić information content (AvgIpc) is 2.90. The zero-order valence-corrected chi connectivity index (χ0v) is 12.3. The lowest BCUT2D eigenvalue weighted by Crippen LogP contribution is -2.42. The molecule has 2 aromatic rings. The second kappa shape index (κ2) is 7.59. The van der Waals surface area contributed by atoms with E-state index in [-0.39, 0.29) is 5.91 Å². The number of nitrogens with zero attached hydrogens (tertiary/aromatic N) is 1. The predicted molar refractivity (Wildman–Crippen MR) is 82.8 cm³/mol. The van der Waals surface area contributed by atoms with Crippen LogP contribution in [0.2, 0.25) is 0 Å². The van der Waals surface area contributed by atoms with E-state index in [0.717, 1.165) is 24.1 Å². The third-order valence-corrected chi connectivity index (χ3v) is 3.49. The van der Waals surface area contributed by atoms with E-state index in [1.807, 2.05) is 43.5 Å². The zero-order chi connectivity index (χ0) is 15.1. The predicted octanol–water partition coefficient (Wildman–Crippen LogP) is 1.34. The maximum absolute atomic E-state index is 11.9. The fourth-order valence-electron chi connectivity index (χ4n) is 2.21. The highest BCUT2D eigenvalue weighted by Crippen LogP contribution is 2.05. The Bertz CT molecular complexity index is 565. The van der Waals surface area contributed by atoms with Gasteiger partial charge < -0.3 is 11.1 Å². The Balaban J connectivity index is 1.68. The van der Waals surface area contributed by atoms with Gasteiger partial charge >= 0.3 is 0 Å². The summed E-state index contributed by atoms with van der Waals surface area (Å²) in [5.41, 5.74) is 9.28. The molecular weight excluding hydrogens is 264 g/mol. The number of nitrogens with two attached hydrogens (primary N) is 1. The van der Waals surface area contributed by atoms with Crippen LogP contribution in [0.4, 0.5) is 0 Å². The van der Waals surface area contributed by atoms with Crippen LogP contribution in [0.1, 0.15) is 23.2 Å². The Morgan fingerprint density at radius 1 is 1.38 bits per heavy atom. The molecule has 0 bridgehead atoms. The molecule has 2 rings (SSSR count). The highest BCUT2D eigenvalue weighted by atomic mass is 16.2. The van der Waals surface area contributed by atoms with Crippen LogP contribution in [0.25, 0.3) is 0 Å². The molecule has 0 saturated carbocycles. The topological polar surface area (TPSA) is 83.8 Å². The van der Waals surface area contributed by atoms with Crippen molar-refractivity contribution in [3.05, 3.63) is 53.3 Å². The van der Waals surface area contributed by atoms with Crippen molar-refractivity contribution < 1.29 is 4.79 Å². The van der Waals surface area contributed by atoms with E-state index in [9.17, 15) is 4.79 Å². The number of amides is 1. The van der Waals surface area contributed by atoms with Gasteiger partial charge in [-0.15, -0.1) is 0 Å². The molecular formula is C16H22N4O. The number of aryl methyl sites for hydroxylation is 2. The summed E-state index contributed by atoms with van der Waals surface area (Å²) in [7, 11) is 0. The summed E-state index contributed by atoms with van der Waals surface area (Å²) in [5.74, 6) is -0.0947. The Morgan fingerprint density at radius 3 is 2.81 bits per heavy atom. The molecule has 1 heterocycles. The van der Waals surface area contributed by atoms with E-state index in [2.05, 4.69) is 15.5 Å². The SMILES string of the molecule is Cc1[nH]ncc1CCCNC(=O)[C@H](N)Cc1ccccc1. The van der Waals surface area contributed by atoms with Crippen molar-refractivity contribution in [2.45, 2.75) is 32.2 Å². The number of nitrogens with one attached hydrogen (secondary N) is 2. The van der Waals surface area contributed by atoms with Crippen molar-refractivity contribution in [2.75, 3.05) is 6.54 Å². The third kappa shape index (κ3) is 4.72. The van der Waals surface area contributed by atoms with E-state index < -0.39 is 6.04 Å². The van der Waals surface area contributed by atoms with Crippen LogP contribution in [-0.4, -0.2) is 28.7 Å². The number of H-pyrrole nitrogens is 1. The quantitative estimate of drug-likeness (QED) is 0.672. The molecule has 1 aromatic heterocycles. The molecule has 0 aliphatic rings. The summed E-state index contributed by atoms with van der Waals surface area (Å²) in [5, 5.41) is 9.77. The number of hydrogen-bond donors (Lipinski definition) is 3. The summed E-state index contributed by atoms with van der Waals surface area (Å²) < 4.78 is 0. The van der Waals surface area contributed by atoms with E-state index in [4.69, 9.17) is 5.73 Å². The molecule has 1 amide bonds. The number of rotatable bonds is 7. The van der Waals surface area contributed by atoms with Gasteiger partial charge in [-0.05, 0) is 37.3 Å². The molecule has 0 fully saturated rings. The molecule has 1 atom stereocenters.